The summed E-state index contributed by atoms with van der Waals surface area (Å²) in [7, 11) is 0. The predicted molar refractivity (Wildman–Crippen MR) is 88.5 cm³/mol. The van der Waals surface area contributed by atoms with Gasteiger partial charge in [-0.05, 0) is 17.7 Å². The van der Waals surface area contributed by atoms with Crippen LogP contribution < -0.4 is 5.32 Å². The van der Waals surface area contributed by atoms with Crippen LogP contribution in [0.5, 0.6) is 0 Å². The molecule has 0 aliphatic rings. The minimum Gasteiger partial charge on any atom is -0.394 e. The molecule has 2 N–H and O–H groups in total. The molecule has 0 bridgehead atoms. The van der Waals surface area contributed by atoms with Crippen LogP contribution in [0.4, 0.5) is 0 Å². The largest absolute Gasteiger partial charge is 0.394 e. The van der Waals surface area contributed by atoms with E-state index in [4.69, 9.17) is 0 Å². The average molecular weight is 311 g/mol. The van der Waals surface area contributed by atoms with Crippen molar-refractivity contribution in [1.29, 1.82) is 0 Å². The fraction of sp³-hybridized carbons (Fsp3) is 0.176. The highest BCUT2D eigenvalue weighted by Gasteiger charge is 2.11. The van der Waals surface area contributed by atoms with E-state index in [9.17, 15) is 5.11 Å². The second kappa shape index (κ2) is 7.26. The average Bonchev–Trinajstić information content (AvgIpc) is 3.06. The highest BCUT2D eigenvalue weighted by atomic mass is 32.1. The van der Waals surface area contributed by atoms with E-state index in [0.29, 0.717) is 6.54 Å². The van der Waals surface area contributed by atoms with Crippen LogP contribution in [-0.2, 0) is 6.54 Å². The second-order valence-electron chi connectivity index (χ2n) is 4.89. The smallest absolute Gasteiger partial charge is 0.142 e. The van der Waals surface area contributed by atoms with E-state index in [0.717, 1.165) is 22.0 Å². The predicted octanol–water partition coefficient (Wildman–Crippen LogP) is 3.03. The number of benzene rings is 1. The summed E-state index contributed by atoms with van der Waals surface area (Å²) in [5.74, 6) is 0. The fourth-order valence-corrected chi connectivity index (χ4v) is 2.99. The third-order valence-electron chi connectivity index (χ3n) is 3.35. The molecule has 0 aliphatic carbocycles. The summed E-state index contributed by atoms with van der Waals surface area (Å²) in [5.41, 5.74) is 2.92. The zero-order chi connectivity index (χ0) is 15.2. The normalized spacial score (nSPS) is 12.2. The van der Waals surface area contributed by atoms with Crippen molar-refractivity contribution < 1.29 is 5.11 Å². The van der Waals surface area contributed by atoms with Gasteiger partial charge in [-0.15, -0.1) is 11.3 Å². The van der Waals surface area contributed by atoms with Gasteiger partial charge in [-0.3, -0.25) is 4.98 Å². The van der Waals surface area contributed by atoms with E-state index in [-0.39, 0.29) is 12.6 Å². The van der Waals surface area contributed by atoms with Crippen LogP contribution in [0.25, 0.3) is 10.7 Å². The van der Waals surface area contributed by atoms with Gasteiger partial charge in [0.05, 0.1) is 24.0 Å². The summed E-state index contributed by atoms with van der Waals surface area (Å²) in [4.78, 5) is 8.90. The maximum atomic E-state index is 9.55. The van der Waals surface area contributed by atoms with Crippen LogP contribution >= 0.6 is 11.3 Å². The number of aliphatic hydroxyl groups excluding tert-OH is 1. The van der Waals surface area contributed by atoms with Crippen LogP contribution in [0.2, 0.25) is 0 Å². The monoisotopic (exact) mass is 311 g/mol. The van der Waals surface area contributed by atoms with Crippen molar-refractivity contribution >= 4 is 11.3 Å². The molecule has 5 heteroatoms. The third kappa shape index (κ3) is 3.57. The molecule has 2 heterocycles. The lowest BCUT2D eigenvalue weighted by atomic mass is 10.1. The Labute approximate surface area is 133 Å². The first-order chi connectivity index (χ1) is 10.9. The van der Waals surface area contributed by atoms with Crippen molar-refractivity contribution in [2.45, 2.75) is 12.6 Å². The lowest BCUT2D eigenvalue weighted by Gasteiger charge is -2.15. The number of hydrogen-bond donors (Lipinski definition) is 2. The molecule has 0 aliphatic heterocycles. The topological polar surface area (TPSA) is 58.0 Å². The number of nitrogens with one attached hydrogen (secondary N) is 1. The van der Waals surface area contributed by atoms with Crippen molar-refractivity contribution in [2.75, 3.05) is 6.61 Å². The summed E-state index contributed by atoms with van der Waals surface area (Å²) >= 11 is 1.58. The molecular formula is C17H17N3OS. The van der Waals surface area contributed by atoms with E-state index in [1.54, 1.807) is 17.5 Å². The fourth-order valence-electron chi connectivity index (χ4n) is 2.20. The van der Waals surface area contributed by atoms with Crippen LogP contribution in [0.15, 0.2) is 60.1 Å². The standard InChI is InChI=1S/C17H17N3OS/c21-11-16(13-6-2-1-3-7-13)19-10-14-12-22-17(20-14)15-8-4-5-9-18-15/h1-9,12,16,19,21H,10-11H2. The minimum absolute atomic E-state index is 0.0568. The Morgan fingerprint density at radius 3 is 2.64 bits per heavy atom. The Morgan fingerprint density at radius 1 is 1.09 bits per heavy atom. The Bertz CT molecular complexity index is 700. The lowest BCUT2D eigenvalue weighted by Crippen LogP contribution is -2.24. The van der Waals surface area contributed by atoms with Crippen LogP contribution in [0, 0.1) is 0 Å². The number of hydrogen-bond acceptors (Lipinski definition) is 5. The van der Waals surface area contributed by atoms with Gasteiger partial charge in [0.2, 0.25) is 0 Å². The highest BCUT2D eigenvalue weighted by molar-refractivity contribution is 7.13. The molecule has 1 unspecified atom stereocenters. The van der Waals surface area contributed by atoms with Crippen molar-refractivity contribution in [3.05, 3.63) is 71.4 Å². The summed E-state index contributed by atoms with van der Waals surface area (Å²) in [6, 6.07) is 15.7. The van der Waals surface area contributed by atoms with Crippen molar-refractivity contribution in [3.8, 4) is 10.7 Å². The molecule has 1 atom stereocenters. The van der Waals surface area contributed by atoms with Crippen molar-refractivity contribution in [3.63, 3.8) is 0 Å². The first-order valence-electron chi connectivity index (χ1n) is 7.12. The van der Waals surface area contributed by atoms with Crippen molar-refractivity contribution in [1.82, 2.24) is 15.3 Å². The van der Waals surface area contributed by atoms with E-state index < -0.39 is 0 Å². The number of pyridine rings is 1. The molecule has 0 saturated carbocycles. The van der Waals surface area contributed by atoms with Crippen LogP contribution in [-0.4, -0.2) is 21.7 Å². The van der Waals surface area contributed by atoms with E-state index >= 15 is 0 Å². The van der Waals surface area contributed by atoms with Crippen LogP contribution in [0.1, 0.15) is 17.3 Å². The molecular weight excluding hydrogens is 294 g/mol. The molecule has 0 fully saturated rings. The van der Waals surface area contributed by atoms with Gasteiger partial charge in [0, 0.05) is 18.1 Å². The number of rotatable bonds is 6. The van der Waals surface area contributed by atoms with Gasteiger partial charge in [-0.25, -0.2) is 4.98 Å². The Balaban J connectivity index is 1.65. The van der Waals surface area contributed by atoms with Crippen molar-refractivity contribution in [2.24, 2.45) is 0 Å². The van der Waals surface area contributed by atoms with Gasteiger partial charge in [-0.1, -0.05) is 36.4 Å². The quantitative estimate of drug-likeness (QED) is 0.734. The Kier molecular flexibility index (Phi) is 4.90. The SMILES string of the molecule is OCC(NCc1csc(-c2ccccn2)n1)c1ccccc1. The molecule has 22 heavy (non-hydrogen) atoms. The Morgan fingerprint density at radius 2 is 1.91 bits per heavy atom. The zero-order valence-corrected chi connectivity index (χ0v) is 12.8. The van der Waals surface area contributed by atoms with Gasteiger partial charge >= 0.3 is 0 Å². The van der Waals surface area contributed by atoms with Gasteiger partial charge in [0.1, 0.15) is 5.01 Å². The molecule has 0 amide bonds. The van der Waals surface area contributed by atoms with Gasteiger partial charge < -0.3 is 10.4 Å². The molecule has 0 spiro atoms. The molecule has 2 aromatic heterocycles. The zero-order valence-electron chi connectivity index (χ0n) is 12.0. The first-order valence-corrected chi connectivity index (χ1v) is 8.00. The third-order valence-corrected chi connectivity index (χ3v) is 4.26. The van der Waals surface area contributed by atoms with Crippen LogP contribution in [0.3, 0.4) is 0 Å². The Hall–Kier alpha value is -2.08. The molecule has 0 saturated heterocycles. The van der Waals surface area contributed by atoms with Gasteiger partial charge in [0.15, 0.2) is 0 Å². The van der Waals surface area contributed by atoms with E-state index in [2.05, 4.69) is 15.3 Å². The number of aromatic nitrogens is 2. The lowest BCUT2D eigenvalue weighted by molar-refractivity contribution is 0.243. The first kappa shape index (κ1) is 14.8. The van der Waals surface area contributed by atoms with Gasteiger partial charge in [0.25, 0.3) is 0 Å². The molecule has 4 nitrogen and oxygen atoms in total. The molecule has 3 aromatic rings. The number of nitrogens with zero attached hydrogens (tertiary/aromatic N) is 2. The second-order valence-corrected chi connectivity index (χ2v) is 5.74. The molecule has 1 aromatic carbocycles. The number of aliphatic hydroxyl groups is 1. The van der Waals surface area contributed by atoms with Gasteiger partial charge in [-0.2, -0.15) is 0 Å². The molecule has 3 rings (SSSR count). The minimum atomic E-state index is -0.0822. The summed E-state index contributed by atoms with van der Waals surface area (Å²) in [6.07, 6.45) is 1.77. The summed E-state index contributed by atoms with van der Waals surface area (Å²) < 4.78 is 0. The molecule has 0 radical (unpaired) electrons. The van der Waals surface area contributed by atoms with E-state index in [1.807, 2.05) is 53.9 Å². The maximum absolute atomic E-state index is 9.55. The highest BCUT2D eigenvalue weighted by Crippen LogP contribution is 2.21. The van der Waals surface area contributed by atoms with E-state index in [1.165, 1.54) is 0 Å². The summed E-state index contributed by atoms with van der Waals surface area (Å²) in [5, 5.41) is 15.8. The number of thiazole rings is 1. The molecule has 112 valence electrons. The maximum Gasteiger partial charge on any atom is 0.142 e. The summed E-state index contributed by atoms with van der Waals surface area (Å²) in [6.45, 7) is 0.671.